The molecule has 0 amide bonds. The van der Waals surface area contributed by atoms with Crippen molar-refractivity contribution in [2.24, 2.45) is 5.11 Å². The van der Waals surface area contributed by atoms with Crippen molar-refractivity contribution in [3.05, 3.63) is 65.0 Å². The van der Waals surface area contributed by atoms with Gasteiger partial charge in [-0.25, -0.2) is 19.9 Å². The van der Waals surface area contributed by atoms with Gasteiger partial charge in [0.25, 0.3) is 0 Å². The summed E-state index contributed by atoms with van der Waals surface area (Å²) in [5.74, 6) is -1.17. The zero-order valence-corrected chi connectivity index (χ0v) is 18.5. The van der Waals surface area contributed by atoms with E-state index in [1.165, 1.54) is 6.20 Å². The number of nitrogens with one attached hydrogen (secondary N) is 2. The predicted octanol–water partition coefficient (Wildman–Crippen LogP) is 3.09. The maximum atomic E-state index is 14.8. The van der Waals surface area contributed by atoms with Gasteiger partial charge in [-0.15, -0.1) is 0 Å². The summed E-state index contributed by atoms with van der Waals surface area (Å²) in [5.41, 5.74) is 14.7. The summed E-state index contributed by atoms with van der Waals surface area (Å²) in [6.07, 6.45) is 3.10. The van der Waals surface area contributed by atoms with E-state index in [1.54, 1.807) is 42.1 Å². The lowest BCUT2D eigenvalue weighted by Crippen LogP contribution is -2.31. The van der Waals surface area contributed by atoms with Crippen LogP contribution in [0.3, 0.4) is 0 Å². The summed E-state index contributed by atoms with van der Waals surface area (Å²) in [5, 5.41) is 29.5. The standard InChI is InChI=1S/C22H24FN9O/c1-13-14(9-24)5-4-6-16(13)21-28-19(18(23)20(25)29-21)17(30-26)11-27-10-15-7-8-32(31-15)22(2,3)12-33/h4-8,11,26-27,33H,10,12H2,1-3H3,(H2,25,28,29)/b17-11-,30-26?. The normalized spacial score (nSPS) is 11.8. The number of benzene rings is 1. The molecule has 2 aromatic heterocycles. The van der Waals surface area contributed by atoms with Crippen molar-refractivity contribution >= 4 is 11.5 Å². The Morgan fingerprint density at radius 3 is 2.82 bits per heavy atom. The highest BCUT2D eigenvalue weighted by molar-refractivity contribution is 5.69. The molecule has 0 aliphatic heterocycles. The van der Waals surface area contributed by atoms with Crippen LogP contribution < -0.4 is 11.1 Å². The molecule has 3 rings (SSSR count). The smallest absolute Gasteiger partial charge is 0.193 e. The number of nitrogens with zero attached hydrogens (tertiary/aromatic N) is 6. The fourth-order valence-corrected chi connectivity index (χ4v) is 3.03. The topological polar surface area (TPSA) is 162 Å². The minimum absolute atomic E-state index is 0.0726. The lowest BCUT2D eigenvalue weighted by molar-refractivity contribution is 0.151. The molecule has 0 bridgehead atoms. The van der Waals surface area contributed by atoms with Gasteiger partial charge < -0.3 is 16.2 Å². The van der Waals surface area contributed by atoms with Gasteiger partial charge in [0, 0.05) is 18.0 Å². The number of hydrogen-bond acceptors (Lipinski definition) is 9. The van der Waals surface area contributed by atoms with E-state index in [2.05, 4.69) is 31.6 Å². The second-order valence-corrected chi connectivity index (χ2v) is 7.93. The van der Waals surface area contributed by atoms with Crippen molar-refractivity contribution < 1.29 is 9.50 Å². The summed E-state index contributed by atoms with van der Waals surface area (Å²) < 4.78 is 16.4. The monoisotopic (exact) mass is 449 g/mol. The van der Waals surface area contributed by atoms with Gasteiger partial charge in [-0.05, 0) is 38.5 Å². The lowest BCUT2D eigenvalue weighted by atomic mass is 10.0. The molecule has 0 spiro atoms. The summed E-state index contributed by atoms with van der Waals surface area (Å²) in [4.78, 5) is 8.26. The maximum absolute atomic E-state index is 14.8. The van der Waals surface area contributed by atoms with E-state index in [0.717, 1.165) is 0 Å². The molecule has 0 radical (unpaired) electrons. The Hall–Kier alpha value is -4.17. The van der Waals surface area contributed by atoms with Crippen molar-refractivity contribution in [2.75, 3.05) is 12.3 Å². The van der Waals surface area contributed by atoms with Gasteiger partial charge >= 0.3 is 0 Å². The van der Waals surface area contributed by atoms with Crippen LogP contribution in [0.25, 0.3) is 17.1 Å². The lowest BCUT2D eigenvalue weighted by Gasteiger charge is -2.22. The zero-order chi connectivity index (χ0) is 24.2. The first-order chi connectivity index (χ1) is 15.7. The second kappa shape index (κ2) is 9.54. The fourth-order valence-electron chi connectivity index (χ4n) is 3.03. The van der Waals surface area contributed by atoms with E-state index in [9.17, 15) is 14.8 Å². The Bertz CT molecular complexity index is 1260. The van der Waals surface area contributed by atoms with Crippen molar-refractivity contribution in [3.8, 4) is 17.5 Å². The van der Waals surface area contributed by atoms with Crippen molar-refractivity contribution in [1.82, 2.24) is 25.1 Å². The molecule has 0 saturated heterocycles. The molecular weight excluding hydrogens is 425 g/mol. The van der Waals surface area contributed by atoms with Gasteiger partial charge in [0.05, 0.1) is 36.0 Å². The van der Waals surface area contributed by atoms with Gasteiger partial charge in [-0.2, -0.15) is 15.5 Å². The van der Waals surface area contributed by atoms with Gasteiger partial charge in [0.1, 0.15) is 11.4 Å². The molecule has 0 fully saturated rings. The number of nitrogen functional groups attached to an aromatic ring is 1. The molecule has 0 atom stereocenters. The Morgan fingerprint density at radius 2 is 2.15 bits per heavy atom. The van der Waals surface area contributed by atoms with Crippen molar-refractivity contribution in [3.63, 3.8) is 0 Å². The molecule has 0 unspecified atom stereocenters. The molecule has 0 saturated carbocycles. The average molecular weight is 449 g/mol. The number of halogens is 1. The Labute approximate surface area is 190 Å². The van der Waals surface area contributed by atoms with Gasteiger partial charge in [-0.1, -0.05) is 12.1 Å². The number of aromatic nitrogens is 4. The first kappa shape index (κ1) is 23.5. The van der Waals surface area contributed by atoms with Crippen LogP contribution in [0, 0.1) is 29.6 Å². The van der Waals surface area contributed by atoms with E-state index in [1.807, 2.05) is 13.8 Å². The van der Waals surface area contributed by atoms with E-state index in [0.29, 0.717) is 22.4 Å². The predicted molar refractivity (Wildman–Crippen MR) is 120 cm³/mol. The number of rotatable bonds is 8. The van der Waals surface area contributed by atoms with Crippen molar-refractivity contribution in [1.29, 1.82) is 10.8 Å². The van der Waals surface area contributed by atoms with E-state index in [4.69, 9.17) is 11.3 Å². The number of nitriles is 1. The van der Waals surface area contributed by atoms with Crippen LogP contribution >= 0.6 is 0 Å². The average Bonchev–Trinajstić information content (AvgIpc) is 3.29. The van der Waals surface area contributed by atoms with E-state index in [-0.39, 0.29) is 30.4 Å². The van der Waals surface area contributed by atoms with Crippen molar-refractivity contribution in [2.45, 2.75) is 32.9 Å². The SMILES string of the molecule is Cc1c(C#N)cccc1-c1nc(N)c(F)c(/C(=C/NCc2ccn(C(C)(C)CO)n2)N=N)n1. The number of anilines is 1. The molecule has 2 heterocycles. The van der Waals surface area contributed by atoms with Crippen LogP contribution in [0.15, 0.2) is 41.8 Å². The zero-order valence-electron chi connectivity index (χ0n) is 18.5. The minimum Gasteiger partial charge on any atom is -0.394 e. The molecule has 33 heavy (non-hydrogen) atoms. The third kappa shape index (κ3) is 4.86. The Kier molecular flexibility index (Phi) is 6.79. The van der Waals surface area contributed by atoms with E-state index >= 15 is 0 Å². The summed E-state index contributed by atoms with van der Waals surface area (Å²) in [6.45, 7) is 5.63. The molecule has 170 valence electrons. The first-order valence-electron chi connectivity index (χ1n) is 10.0. The highest BCUT2D eigenvalue weighted by Gasteiger charge is 2.20. The van der Waals surface area contributed by atoms with Gasteiger partial charge in [0.15, 0.2) is 17.5 Å². The van der Waals surface area contributed by atoms with Crippen LogP contribution in [0.2, 0.25) is 0 Å². The van der Waals surface area contributed by atoms with Crippen LogP contribution in [0.4, 0.5) is 10.2 Å². The molecule has 0 aliphatic rings. The highest BCUT2D eigenvalue weighted by atomic mass is 19.1. The summed E-state index contributed by atoms with van der Waals surface area (Å²) in [6, 6.07) is 8.90. The minimum atomic E-state index is -0.897. The second-order valence-electron chi connectivity index (χ2n) is 7.93. The molecular formula is C22H24FN9O. The Morgan fingerprint density at radius 1 is 1.39 bits per heavy atom. The first-order valence-corrected chi connectivity index (χ1v) is 10.0. The maximum Gasteiger partial charge on any atom is 0.193 e. The molecule has 5 N–H and O–H groups in total. The fraction of sp³-hybridized carbons (Fsp3) is 0.273. The Balaban J connectivity index is 1.90. The summed E-state index contributed by atoms with van der Waals surface area (Å²) >= 11 is 0. The molecule has 3 aromatic rings. The third-order valence-corrected chi connectivity index (χ3v) is 5.11. The van der Waals surface area contributed by atoms with Crippen LogP contribution in [-0.2, 0) is 12.1 Å². The highest BCUT2D eigenvalue weighted by Crippen LogP contribution is 2.27. The largest absolute Gasteiger partial charge is 0.394 e. The van der Waals surface area contributed by atoms with Gasteiger partial charge in [0.2, 0.25) is 0 Å². The van der Waals surface area contributed by atoms with Gasteiger partial charge in [-0.3, -0.25) is 4.68 Å². The van der Waals surface area contributed by atoms with E-state index < -0.39 is 17.2 Å². The quantitative estimate of drug-likeness (QED) is 0.384. The van der Waals surface area contributed by atoms with Crippen LogP contribution in [-0.4, -0.2) is 31.5 Å². The number of hydrogen-bond donors (Lipinski definition) is 4. The van der Waals surface area contributed by atoms with Crippen LogP contribution in [0.5, 0.6) is 0 Å². The third-order valence-electron chi connectivity index (χ3n) is 5.11. The molecule has 10 nitrogen and oxygen atoms in total. The number of nitrogens with two attached hydrogens (primary N) is 1. The molecule has 1 aromatic carbocycles. The van der Waals surface area contributed by atoms with Crippen LogP contribution in [0.1, 0.15) is 36.4 Å². The molecule has 0 aliphatic carbocycles. The molecule has 11 heteroatoms. The number of aliphatic hydroxyl groups is 1. The number of aliphatic hydroxyl groups excluding tert-OH is 1. The summed E-state index contributed by atoms with van der Waals surface area (Å²) in [7, 11) is 0.